The first-order valence-electron chi connectivity index (χ1n) is 4.64. The first-order valence-corrected chi connectivity index (χ1v) is 4.64. The zero-order valence-electron chi connectivity index (χ0n) is 8.30. The molecule has 2 rings (SSSR count). The Kier molecular flexibility index (Phi) is 2.00. The fourth-order valence-corrected chi connectivity index (χ4v) is 1.58. The van der Waals surface area contributed by atoms with E-state index in [9.17, 15) is 9.50 Å². The van der Waals surface area contributed by atoms with Crippen LogP contribution in [0.4, 0.5) is 4.39 Å². The molecule has 0 aromatic heterocycles. The molecule has 1 saturated carbocycles. The summed E-state index contributed by atoms with van der Waals surface area (Å²) in [6.45, 7) is 1.68. The van der Waals surface area contributed by atoms with Crippen LogP contribution in [0.1, 0.15) is 24.0 Å². The van der Waals surface area contributed by atoms with Gasteiger partial charge in [-0.1, -0.05) is 0 Å². The average Bonchev–Trinajstić information content (AvgIpc) is 2.89. The summed E-state index contributed by atoms with van der Waals surface area (Å²) in [4.78, 5) is 0. The van der Waals surface area contributed by atoms with Gasteiger partial charge in [0.2, 0.25) is 0 Å². The van der Waals surface area contributed by atoms with Crippen molar-refractivity contribution in [1.29, 1.82) is 0 Å². The summed E-state index contributed by atoms with van der Waals surface area (Å²) >= 11 is 0. The van der Waals surface area contributed by atoms with E-state index in [1.54, 1.807) is 13.0 Å². The van der Waals surface area contributed by atoms with Crippen LogP contribution in [0.25, 0.3) is 0 Å². The van der Waals surface area contributed by atoms with E-state index in [1.807, 2.05) is 0 Å². The maximum Gasteiger partial charge on any atom is 0.129 e. The van der Waals surface area contributed by atoms with Gasteiger partial charge in [0.05, 0.1) is 12.7 Å². The Morgan fingerprint density at radius 1 is 1.43 bits per heavy atom. The van der Waals surface area contributed by atoms with Gasteiger partial charge in [-0.15, -0.1) is 0 Å². The molecule has 14 heavy (non-hydrogen) atoms. The first-order chi connectivity index (χ1) is 6.57. The predicted octanol–water partition coefficient (Wildman–Crippen LogP) is 2.12. The molecule has 0 amide bonds. The van der Waals surface area contributed by atoms with E-state index in [4.69, 9.17) is 4.74 Å². The van der Waals surface area contributed by atoms with E-state index in [0.29, 0.717) is 16.9 Å². The van der Waals surface area contributed by atoms with Crippen molar-refractivity contribution >= 4 is 0 Å². The molecule has 1 aliphatic carbocycles. The topological polar surface area (TPSA) is 29.5 Å². The molecule has 0 heterocycles. The highest BCUT2D eigenvalue weighted by Gasteiger charge is 2.44. The summed E-state index contributed by atoms with van der Waals surface area (Å²) in [6, 6.07) is 3.00. The van der Waals surface area contributed by atoms with Crippen molar-refractivity contribution in [2.45, 2.75) is 25.4 Å². The highest BCUT2D eigenvalue weighted by atomic mass is 19.1. The van der Waals surface area contributed by atoms with Gasteiger partial charge in [0.25, 0.3) is 0 Å². The molecular weight excluding hydrogens is 183 g/mol. The third kappa shape index (κ3) is 1.38. The normalized spacial score (nSPS) is 18.0. The van der Waals surface area contributed by atoms with Crippen LogP contribution in [0.2, 0.25) is 0 Å². The van der Waals surface area contributed by atoms with Crippen LogP contribution in [-0.4, -0.2) is 12.2 Å². The van der Waals surface area contributed by atoms with Crippen LogP contribution >= 0.6 is 0 Å². The van der Waals surface area contributed by atoms with Crippen molar-refractivity contribution in [2.24, 2.45) is 0 Å². The van der Waals surface area contributed by atoms with Gasteiger partial charge in [0.15, 0.2) is 0 Å². The molecule has 0 saturated heterocycles. The number of aliphatic hydroxyl groups is 1. The number of aryl methyl sites for hydroxylation is 1. The van der Waals surface area contributed by atoms with Gasteiger partial charge in [-0.25, -0.2) is 4.39 Å². The molecule has 0 radical (unpaired) electrons. The Balaban J connectivity index is 2.52. The Morgan fingerprint density at radius 3 is 2.57 bits per heavy atom. The number of ether oxygens (including phenoxy) is 1. The Hall–Kier alpha value is -1.09. The van der Waals surface area contributed by atoms with E-state index in [1.165, 1.54) is 13.2 Å². The fraction of sp³-hybridized carbons (Fsp3) is 0.455. The van der Waals surface area contributed by atoms with Gasteiger partial charge < -0.3 is 9.84 Å². The van der Waals surface area contributed by atoms with Crippen molar-refractivity contribution in [2.75, 3.05) is 7.11 Å². The molecule has 0 atom stereocenters. The molecule has 0 bridgehead atoms. The third-order valence-corrected chi connectivity index (χ3v) is 2.71. The lowest BCUT2D eigenvalue weighted by molar-refractivity contribution is 0.147. The largest absolute Gasteiger partial charge is 0.496 e. The summed E-state index contributed by atoms with van der Waals surface area (Å²) in [5, 5.41) is 9.92. The fourth-order valence-electron chi connectivity index (χ4n) is 1.58. The van der Waals surface area contributed by atoms with Crippen LogP contribution in [0, 0.1) is 12.7 Å². The highest BCUT2D eigenvalue weighted by molar-refractivity contribution is 5.44. The van der Waals surface area contributed by atoms with E-state index < -0.39 is 5.60 Å². The minimum atomic E-state index is -0.774. The van der Waals surface area contributed by atoms with Gasteiger partial charge in [-0.05, 0) is 31.4 Å². The molecule has 1 aliphatic rings. The van der Waals surface area contributed by atoms with Crippen molar-refractivity contribution < 1.29 is 14.2 Å². The summed E-state index contributed by atoms with van der Waals surface area (Å²) in [5.74, 6) is 0.142. The van der Waals surface area contributed by atoms with Crippen LogP contribution in [0.15, 0.2) is 12.1 Å². The molecule has 0 spiro atoms. The molecule has 1 fully saturated rings. The number of hydrogen-bond donors (Lipinski definition) is 1. The van der Waals surface area contributed by atoms with Gasteiger partial charge in [-0.2, -0.15) is 0 Å². The van der Waals surface area contributed by atoms with E-state index >= 15 is 0 Å². The van der Waals surface area contributed by atoms with Crippen LogP contribution in [-0.2, 0) is 5.60 Å². The zero-order valence-corrected chi connectivity index (χ0v) is 8.30. The van der Waals surface area contributed by atoms with E-state index in [0.717, 1.165) is 12.8 Å². The van der Waals surface area contributed by atoms with Crippen molar-refractivity contribution in [3.05, 3.63) is 29.1 Å². The van der Waals surface area contributed by atoms with Gasteiger partial charge in [0.1, 0.15) is 11.6 Å². The molecule has 1 N–H and O–H groups in total. The molecular formula is C11H13FO2. The number of rotatable bonds is 2. The van der Waals surface area contributed by atoms with Gasteiger partial charge >= 0.3 is 0 Å². The monoisotopic (exact) mass is 196 g/mol. The summed E-state index contributed by atoms with van der Waals surface area (Å²) in [6.07, 6.45) is 1.46. The average molecular weight is 196 g/mol. The summed E-state index contributed by atoms with van der Waals surface area (Å²) in [7, 11) is 1.49. The SMILES string of the molecule is COc1cc(F)c(C)cc1C1(O)CC1. The lowest BCUT2D eigenvalue weighted by Gasteiger charge is -2.14. The number of hydrogen-bond acceptors (Lipinski definition) is 2. The molecule has 3 heteroatoms. The van der Waals surface area contributed by atoms with Crippen molar-refractivity contribution in [3.63, 3.8) is 0 Å². The zero-order chi connectivity index (χ0) is 10.3. The minimum absolute atomic E-state index is 0.296. The maximum absolute atomic E-state index is 13.2. The smallest absolute Gasteiger partial charge is 0.129 e. The van der Waals surface area contributed by atoms with E-state index in [2.05, 4.69) is 0 Å². The summed E-state index contributed by atoms with van der Waals surface area (Å²) < 4.78 is 18.2. The molecule has 2 nitrogen and oxygen atoms in total. The molecule has 0 aliphatic heterocycles. The second kappa shape index (κ2) is 2.95. The van der Waals surface area contributed by atoms with Crippen LogP contribution < -0.4 is 4.74 Å². The number of halogens is 1. The van der Waals surface area contributed by atoms with Crippen LogP contribution in [0.3, 0.4) is 0 Å². The predicted molar refractivity (Wildman–Crippen MR) is 50.8 cm³/mol. The molecule has 76 valence electrons. The molecule has 0 unspecified atom stereocenters. The van der Waals surface area contributed by atoms with Crippen LogP contribution in [0.5, 0.6) is 5.75 Å². The van der Waals surface area contributed by atoms with Crippen molar-refractivity contribution in [1.82, 2.24) is 0 Å². The first kappa shape index (κ1) is 9.46. The maximum atomic E-state index is 13.2. The summed E-state index contributed by atoms with van der Waals surface area (Å²) in [5.41, 5.74) is 0.476. The second-order valence-electron chi connectivity index (χ2n) is 3.83. The third-order valence-electron chi connectivity index (χ3n) is 2.71. The van der Waals surface area contributed by atoms with Gasteiger partial charge in [0, 0.05) is 11.6 Å². The highest BCUT2D eigenvalue weighted by Crippen LogP contribution is 2.49. The van der Waals surface area contributed by atoms with E-state index in [-0.39, 0.29) is 5.82 Å². The standard InChI is InChI=1S/C11H13FO2/c1-7-5-8(11(13)3-4-11)10(14-2)6-9(7)12/h5-6,13H,3-4H2,1-2H3. The Labute approximate surface area is 82.3 Å². The quantitative estimate of drug-likeness (QED) is 0.785. The number of methoxy groups -OCH3 is 1. The van der Waals surface area contributed by atoms with Crippen molar-refractivity contribution in [3.8, 4) is 5.75 Å². The van der Waals surface area contributed by atoms with Gasteiger partial charge in [-0.3, -0.25) is 0 Å². The second-order valence-corrected chi connectivity index (χ2v) is 3.83. The lowest BCUT2D eigenvalue weighted by atomic mass is 10.0. The minimum Gasteiger partial charge on any atom is -0.496 e. The Morgan fingerprint density at radius 2 is 2.07 bits per heavy atom. The lowest BCUT2D eigenvalue weighted by Crippen LogP contribution is -2.07. The molecule has 1 aromatic carbocycles. The number of benzene rings is 1. The molecule has 1 aromatic rings. The Bertz CT molecular complexity index is 370.